The highest BCUT2D eigenvalue weighted by atomic mass is 19.1. The van der Waals surface area contributed by atoms with Crippen molar-refractivity contribution >= 4 is 17.5 Å². The third kappa shape index (κ3) is 4.85. The van der Waals surface area contributed by atoms with E-state index in [2.05, 4.69) is 15.3 Å². The van der Waals surface area contributed by atoms with E-state index in [-0.39, 0.29) is 17.8 Å². The van der Waals surface area contributed by atoms with Gasteiger partial charge in [-0.2, -0.15) is 0 Å². The van der Waals surface area contributed by atoms with E-state index in [1.54, 1.807) is 0 Å². The number of carbonyl (C=O) groups is 2. The molecule has 4 unspecified atom stereocenters. The van der Waals surface area contributed by atoms with Gasteiger partial charge in [-0.25, -0.2) is 18.2 Å². The molecule has 35 heavy (non-hydrogen) atoms. The molecule has 3 heterocycles. The number of amides is 2. The number of ether oxygens (including phenoxy) is 1. The molecule has 0 bridgehead atoms. The van der Waals surface area contributed by atoms with Crippen molar-refractivity contribution in [1.29, 1.82) is 0 Å². The molecule has 1 fully saturated rings. The van der Waals surface area contributed by atoms with Gasteiger partial charge in [0.1, 0.15) is 34.9 Å². The molecule has 0 aliphatic carbocycles. The average molecular weight is 488 g/mol. The Balaban J connectivity index is 1.63. The summed E-state index contributed by atoms with van der Waals surface area (Å²) in [6.07, 6.45) is -2.78. The van der Waals surface area contributed by atoms with Gasteiger partial charge in [0.25, 0.3) is 5.91 Å². The minimum atomic E-state index is -1.52. The summed E-state index contributed by atoms with van der Waals surface area (Å²) in [7, 11) is 0. The van der Waals surface area contributed by atoms with E-state index in [0.717, 1.165) is 30.3 Å². The van der Waals surface area contributed by atoms with Gasteiger partial charge in [-0.1, -0.05) is 6.07 Å². The number of halogens is 3. The second-order valence-electron chi connectivity index (χ2n) is 7.78. The maximum Gasteiger partial charge on any atom is 0.274 e. The first kappa shape index (κ1) is 24.3. The van der Waals surface area contributed by atoms with Crippen molar-refractivity contribution in [3.05, 3.63) is 77.5 Å². The first-order chi connectivity index (χ1) is 16.7. The number of nitrogens with two attached hydrogens (primary N) is 1. The van der Waals surface area contributed by atoms with Gasteiger partial charge in [0.05, 0.1) is 29.7 Å². The van der Waals surface area contributed by atoms with Gasteiger partial charge in [0.2, 0.25) is 5.91 Å². The molecular weight excluding hydrogens is 469 g/mol. The fourth-order valence-electron chi connectivity index (χ4n) is 3.75. The highest BCUT2D eigenvalue weighted by molar-refractivity contribution is 6.03. The zero-order chi connectivity index (χ0) is 25.3. The second-order valence-corrected chi connectivity index (χ2v) is 7.78. The Morgan fingerprint density at radius 3 is 2.46 bits per heavy atom. The summed E-state index contributed by atoms with van der Waals surface area (Å²) in [6, 6.07) is 6.32. The Morgan fingerprint density at radius 2 is 1.77 bits per heavy atom. The molecule has 1 aliphatic rings. The van der Waals surface area contributed by atoms with E-state index in [4.69, 9.17) is 10.5 Å². The quantitative estimate of drug-likeness (QED) is 0.428. The number of carbonyl (C=O) groups excluding carboxylic acids is 2. The van der Waals surface area contributed by atoms with Crippen LogP contribution in [0.15, 0.2) is 48.8 Å². The molecule has 3 aromatic rings. The lowest BCUT2D eigenvalue weighted by molar-refractivity contribution is -0.179. The normalized spacial score (nSPS) is 22.0. The van der Waals surface area contributed by atoms with Crippen molar-refractivity contribution in [3.8, 4) is 11.3 Å². The number of aliphatic hydroxyl groups excluding tert-OH is 2. The van der Waals surface area contributed by atoms with Crippen LogP contribution in [0, 0.1) is 17.5 Å². The summed E-state index contributed by atoms with van der Waals surface area (Å²) in [5.41, 5.74) is 3.88. The number of aromatic nitrogens is 2. The molecule has 1 aliphatic heterocycles. The Bertz CT molecular complexity index is 1270. The number of hydrogen-bond donors (Lipinski definition) is 4. The minimum absolute atomic E-state index is 0.0963. The number of primary amides is 1. The summed E-state index contributed by atoms with van der Waals surface area (Å²) in [5, 5.41) is 22.6. The summed E-state index contributed by atoms with van der Waals surface area (Å²) in [4.78, 5) is 32.2. The van der Waals surface area contributed by atoms with Crippen LogP contribution in [0.1, 0.15) is 28.6 Å². The summed E-state index contributed by atoms with van der Waals surface area (Å²) >= 11 is 0. The zero-order valence-corrected chi connectivity index (χ0v) is 17.9. The van der Waals surface area contributed by atoms with Gasteiger partial charge in [0, 0.05) is 18.2 Å². The lowest BCUT2D eigenvalue weighted by Crippen LogP contribution is -2.51. The SMILES string of the molecule is NC(=O)C1OC(c2ccncc2NC(=O)c2ccc(F)c(-c3c(F)cccc3F)n2)CC(O)C1O. The van der Waals surface area contributed by atoms with Crippen molar-refractivity contribution < 1.29 is 37.7 Å². The molecule has 9 nitrogen and oxygen atoms in total. The standard InChI is InChI=1S/C23H19F3N4O5/c24-11-2-1-3-12(25)18(11)19-13(26)4-5-14(29-19)23(34)30-15-9-28-7-6-10(15)17-8-16(31)20(32)21(35-17)22(27)33/h1-7,9,16-17,20-21,31-32H,8H2,(H2,27,33)(H,30,34). The van der Waals surface area contributed by atoms with Crippen LogP contribution < -0.4 is 11.1 Å². The Kier molecular flexibility index (Phi) is 6.78. The van der Waals surface area contributed by atoms with Crippen LogP contribution in [0.25, 0.3) is 11.3 Å². The maximum atomic E-state index is 14.3. The third-order valence-electron chi connectivity index (χ3n) is 5.48. The molecule has 2 aromatic heterocycles. The number of pyridine rings is 2. The van der Waals surface area contributed by atoms with Gasteiger partial charge >= 0.3 is 0 Å². The van der Waals surface area contributed by atoms with Crippen molar-refractivity contribution in [2.45, 2.75) is 30.8 Å². The number of nitrogens with one attached hydrogen (secondary N) is 1. The average Bonchev–Trinajstić information content (AvgIpc) is 2.82. The number of benzene rings is 1. The highest BCUT2D eigenvalue weighted by Gasteiger charge is 2.41. The first-order valence-corrected chi connectivity index (χ1v) is 10.3. The maximum absolute atomic E-state index is 14.3. The number of nitrogens with zero attached hydrogens (tertiary/aromatic N) is 2. The molecule has 12 heteroatoms. The minimum Gasteiger partial charge on any atom is -0.390 e. The van der Waals surface area contributed by atoms with Crippen LogP contribution in [0.2, 0.25) is 0 Å². The van der Waals surface area contributed by atoms with Crippen molar-refractivity contribution in [2.24, 2.45) is 5.73 Å². The van der Waals surface area contributed by atoms with Gasteiger partial charge in [-0.3, -0.25) is 14.6 Å². The van der Waals surface area contributed by atoms with Gasteiger partial charge in [-0.05, 0) is 30.3 Å². The first-order valence-electron chi connectivity index (χ1n) is 10.3. The van der Waals surface area contributed by atoms with E-state index in [1.807, 2.05) is 0 Å². The number of rotatable bonds is 5. The second kappa shape index (κ2) is 9.78. The molecule has 182 valence electrons. The third-order valence-corrected chi connectivity index (χ3v) is 5.48. The fraction of sp³-hybridized carbons (Fsp3) is 0.217. The van der Waals surface area contributed by atoms with Crippen LogP contribution >= 0.6 is 0 Å². The molecule has 5 N–H and O–H groups in total. The Morgan fingerprint density at radius 1 is 1.06 bits per heavy atom. The lowest BCUT2D eigenvalue weighted by Gasteiger charge is -2.36. The van der Waals surface area contributed by atoms with Crippen molar-refractivity contribution in [3.63, 3.8) is 0 Å². The number of hydrogen-bond acceptors (Lipinski definition) is 7. The molecule has 0 saturated carbocycles. The smallest absolute Gasteiger partial charge is 0.274 e. The Labute approximate surface area is 196 Å². The molecule has 1 saturated heterocycles. The molecule has 0 spiro atoms. The molecule has 4 rings (SSSR count). The van der Waals surface area contributed by atoms with E-state index in [1.165, 1.54) is 18.5 Å². The topological polar surface area (TPSA) is 148 Å². The molecule has 1 aromatic carbocycles. The van der Waals surface area contributed by atoms with Crippen LogP contribution in [-0.2, 0) is 9.53 Å². The molecule has 2 amide bonds. The van der Waals surface area contributed by atoms with E-state index in [0.29, 0.717) is 5.56 Å². The Hall–Kier alpha value is -3.87. The van der Waals surface area contributed by atoms with Crippen LogP contribution in [-0.4, -0.2) is 50.3 Å². The molecule has 4 atom stereocenters. The predicted molar refractivity (Wildman–Crippen MR) is 115 cm³/mol. The molecular formula is C23H19F3N4O5. The van der Waals surface area contributed by atoms with E-state index in [9.17, 15) is 33.0 Å². The van der Waals surface area contributed by atoms with Crippen LogP contribution in [0.5, 0.6) is 0 Å². The largest absolute Gasteiger partial charge is 0.390 e. The lowest BCUT2D eigenvalue weighted by atomic mass is 9.93. The fourth-order valence-corrected chi connectivity index (χ4v) is 3.75. The van der Waals surface area contributed by atoms with Crippen LogP contribution in [0.4, 0.5) is 18.9 Å². The van der Waals surface area contributed by atoms with Gasteiger partial charge in [-0.15, -0.1) is 0 Å². The van der Waals surface area contributed by atoms with E-state index < -0.39 is 64.9 Å². The zero-order valence-electron chi connectivity index (χ0n) is 17.9. The monoisotopic (exact) mass is 488 g/mol. The van der Waals surface area contributed by atoms with Gasteiger partial charge in [0.15, 0.2) is 6.10 Å². The molecule has 0 radical (unpaired) electrons. The number of anilines is 1. The number of aliphatic hydroxyl groups is 2. The summed E-state index contributed by atoms with van der Waals surface area (Å²) < 4.78 is 48.2. The van der Waals surface area contributed by atoms with Crippen molar-refractivity contribution in [1.82, 2.24) is 9.97 Å². The summed E-state index contributed by atoms with van der Waals surface area (Å²) in [6.45, 7) is 0. The van der Waals surface area contributed by atoms with Crippen molar-refractivity contribution in [2.75, 3.05) is 5.32 Å². The predicted octanol–water partition coefficient (Wildman–Crippen LogP) is 1.85. The van der Waals surface area contributed by atoms with E-state index >= 15 is 0 Å². The van der Waals surface area contributed by atoms with Gasteiger partial charge < -0.3 is 26.0 Å². The van der Waals surface area contributed by atoms with Crippen LogP contribution in [0.3, 0.4) is 0 Å². The highest BCUT2D eigenvalue weighted by Crippen LogP contribution is 2.35. The summed E-state index contributed by atoms with van der Waals surface area (Å²) in [5.74, 6) is -4.98.